The van der Waals surface area contributed by atoms with Gasteiger partial charge in [0.2, 0.25) is 5.95 Å². The van der Waals surface area contributed by atoms with Gasteiger partial charge in [0.25, 0.3) is 0 Å². The number of hydrogen-bond donors (Lipinski definition) is 1. The van der Waals surface area contributed by atoms with Crippen molar-refractivity contribution in [2.24, 2.45) is 0 Å². The Balaban J connectivity index is 1.56. The summed E-state index contributed by atoms with van der Waals surface area (Å²) in [4.78, 5) is 11.4. The Morgan fingerprint density at radius 2 is 2.00 bits per heavy atom. The van der Waals surface area contributed by atoms with Crippen LogP contribution in [0.3, 0.4) is 0 Å². The Kier molecular flexibility index (Phi) is 4.10. The maximum atomic E-state index is 4.75. The number of nitrogens with one attached hydrogen (secondary N) is 1. The molecule has 1 aromatic heterocycles. The van der Waals surface area contributed by atoms with Crippen molar-refractivity contribution in [3.63, 3.8) is 0 Å². The number of aromatic nitrogens is 2. The van der Waals surface area contributed by atoms with Gasteiger partial charge in [-0.15, -0.1) is 0 Å². The summed E-state index contributed by atoms with van der Waals surface area (Å²) in [5.41, 5.74) is 5.12. The van der Waals surface area contributed by atoms with E-state index < -0.39 is 0 Å². The van der Waals surface area contributed by atoms with Gasteiger partial charge in [0.05, 0.1) is 0 Å². The minimum absolute atomic E-state index is 0.400. The fraction of sp³-hybridized carbons (Fsp3) is 0.238. The van der Waals surface area contributed by atoms with Gasteiger partial charge in [0.1, 0.15) is 5.82 Å². The number of aryl methyl sites for hydroxylation is 1. The molecule has 4 nitrogen and oxygen atoms in total. The van der Waals surface area contributed by atoms with Crippen molar-refractivity contribution in [1.82, 2.24) is 9.97 Å². The lowest BCUT2D eigenvalue weighted by Crippen LogP contribution is -2.25. The van der Waals surface area contributed by atoms with E-state index in [2.05, 4.69) is 77.6 Å². The fourth-order valence-corrected chi connectivity index (χ4v) is 3.49. The zero-order valence-corrected chi connectivity index (χ0v) is 14.6. The van der Waals surface area contributed by atoms with Crippen molar-refractivity contribution >= 4 is 17.5 Å². The Morgan fingerprint density at radius 1 is 1.12 bits per heavy atom. The third-order valence-electron chi connectivity index (χ3n) is 4.63. The first-order valence-electron chi connectivity index (χ1n) is 8.70. The molecule has 2 aromatic carbocycles. The van der Waals surface area contributed by atoms with Gasteiger partial charge in [-0.2, -0.15) is 4.98 Å². The van der Waals surface area contributed by atoms with Crippen LogP contribution in [0.25, 0.3) is 0 Å². The third kappa shape index (κ3) is 3.20. The van der Waals surface area contributed by atoms with Crippen LogP contribution in [0.1, 0.15) is 23.6 Å². The van der Waals surface area contributed by atoms with Gasteiger partial charge in [-0.1, -0.05) is 48.0 Å². The van der Waals surface area contributed by atoms with Gasteiger partial charge in [0, 0.05) is 24.5 Å². The van der Waals surface area contributed by atoms with Crippen molar-refractivity contribution in [3.05, 3.63) is 77.5 Å². The van der Waals surface area contributed by atoms with Gasteiger partial charge < -0.3 is 10.2 Å². The molecule has 1 aliphatic heterocycles. The Bertz CT molecular complexity index is 890. The summed E-state index contributed by atoms with van der Waals surface area (Å²) < 4.78 is 0. The summed E-state index contributed by atoms with van der Waals surface area (Å²) in [6, 6.07) is 19.4. The van der Waals surface area contributed by atoms with E-state index in [1.807, 2.05) is 12.3 Å². The van der Waals surface area contributed by atoms with Gasteiger partial charge in [-0.25, -0.2) is 4.98 Å². The largest absolute Gasteiger partial charge is 0.350 e. The number of para-hydroxylation sites is 1. The van der Waals surface area contributed by atoms with Gasteiger partial charge in [0.15, 0.2) is 0 Å². The van der Waals surface area contributed by atoms with Crippen LogP contribution in [0.4, 0.5) is 17.5 Å². The molecule has 0 amide bonds. The molecule has 126 valence electrons. The van der Waals surface area contributed by atoms with E-state index >= 15 is 0 Å². The molecular formula is C21H22N4. The van der Waals surface area contributed by atoms with Crippen molar-refractivity contribution in [2.45, 2.75) is 32.9 Å². The molecule has 4 rings (SSSR count). The maximum Gasteiger partial charge on any atom is 0.224 e. The van der Waals surface area contributed by atoms with E-state index in [9.17, 15) is 0 Å². The average molecular weight is 330 g/mol. The summed E-state index contributed by atoms with van der Waals surface area (Å²) in [5, 5.41) is 3.34. The Labute approximate surface area is 148 Å². The van der Waals surface area contributed by atoms with Gasteiger partial charge in [-0.05, 0) is 43.5 Å². The number of rotatable bonds is 4. The lowest BCUT2D eigenvalue weighted by molar-refractivity contribution is 0.749. The predicted molar refractivity (Wildman–Crippen MR) is 102 cm³/mol. The van der Waals surface area contributed by atoms with Crippen molar-refractivity contribution < 1.29 is 0 Å². The third-order valence-corrected chi connectivity index (χ3v) is 4.63. The molecule has 1 aliphatic rings. The second-order valence-electron chi connectivity index (χ2n) is 6.63. The molecular weight excluding hydrogens is 308 g/mol. The highest BCUT2D eigenvalue weighted by atomic mass is 15.3. The van der Waals surface area contributed by atoms with E-state index in [4.69, 9.17) is 4.98 Å². The number of nitrogens with zero attached hydrogens (tertiary/aromatic N) is 3. The molecule has 1 N–H and O–H groups in total. The molecule has 0 spiro atoms. The Hall–Kier alpha value is -2.88. The van der Waals surface area contributed by atoms with Crippen molar-refractivity contribution in [3.8, 4) is 0 Å². The molecule has 0 bridgehead atoms. The van der Waals surface area contributed by atoms with Crippen molar-refractivity contribution in [2.75, 3.05) is 10.2 Å². The molecule has 0 saturated carbocycles. The predicted octanol–water partition coefficient (Wildman–Crippen LogP) is 4.48. The molecule has 0 radical (unpaired) electrons. The molecule has 4 heteroatoms. The highest BCUT2D eigenvalue weighted by molar-refractivity contribution is 5.69. The van der Waals surface area contributed by atoms with Crippen LogP contribution in [0.15, 0.2) is 60.8 Å². The molecule has 25 heavy (non-hydrogen) atoms. The van der Waals surface area contributed by atoms with E-state index in [-0.39, 0.29) is 0 Å². The number of anilines is 3. The van der Waals surface area contributed by atoms with Crippen LogP contribution in [-0.2, 0) is 13.0 Å². The summed E-state index contributed by atoms with van der Waals surface area (Å²) in [6.45, 7) is 5.06. The number of hydrogen-bond acceptors (Lipinski definition) is 4. The molecule has 0 fully saturated rings. The van der Waals surface area contributed by atoms with Crippen LogP contribution in [0.5, 0.6) is 0 Å². The first kappa shape index (κ1) is 15.6. The van der Waals surface area contributed by atoms with E-state index in [0.29, 0.717) is 12.0 Å². The van der Waals surface area contributed by atoms with Crippen molar-refractivity contribution in [1.29, 1.82) is 0 Å². The first-order chi connectivity index (χ1) is 12.2. The smallest absolute Gasteiger partial charge is 0.224 e. The van der Waals surface area contributed by atoms with Gasteiger partial charge >= 0.3 is 0 Å². The Morgan fingerprint density at radius 3 is 2.88 bits per heavy atom. The molecule has 2 heterocycles. The first-order valence-corrected chi connectivity index (χ1v) is 8.70. The van der Waals surface area contributed by atoms with E-state index in [1.54, 1.807) is 0 Å². The normalized spacial score (nSPS) is 15.9. The van der Waals surface area contributed by atoms with Gasteiger partial charge in [-0.3, -0.25) is 0 Å². The minimum atomic E-state index is 0.400. The number of fused-ring (bicyclic) bond motifs is 1. The second kappa shape index (κ2) is 6.55. The lowest BCUT2D eigenvalue weighted by atomic mass is 10.1. The summed E-state index contributed by atoms with van der Waals surface area (Å²) >= 11 is 0. The molecule has 1 atom stereocenters. The summed E-state index contributed by atoms with van der Waals surface area (Å²) in [7, 11) is 0. The monoisotopic (exact) mass is 330 g/mol. The molecule has 0 saturated heterocycles. The average Bonchev–Trinajstić information content (AvgIpc) is 2.96. The zero-order valence-electron chi connectivity index (χ0n) is 14.6. The maximum absolute atomic E-state index is 4.75. The summed E-state index contributed by atoms with van der Waals surface area (Å²) in [5.74, 6) is 1.61. The van der Waals surface area contributed by atoms with Crippen LogP contribution in [0.2, 0.25) is 0 Å². The standard InChI is InChI=1S/C21H22N4/c1-15-6-5-7-17(12-15)14-23-21-22-11-10-20(24-21)25-16(2)13-18-8-3-4-9-19(18)25/h3-12,16H,13-14H2,1-2H3,(H,22,23,24). The summed E-state index contributed by atoms with van der Waals surface area (Å²) in [6.07, 6.45) is 2.88. The minimum Gasteiger partial charge on any atom is -0.350 e. The van der Waals surface area contributed by atoms with Crippen LogP contribution in [-0.4, -0.2) is 16.0 Å². The van der Waals surface area contributed by atoms with E-state index in [0.717, 1.165) is 18.8 Å². The highest BCUT2D eigenvalue weighted by Crippen LogP contribution is 2.37. The molecule has 0 aliphatic carbocycles. The molecule has 3 aromatic rings. The second-order valence-corrected chi connectivity index (χ2v) is 6.63. The van der Waals surface area contributed by atoms with Crippen LogP contribution < -0.4 is 10.2 Å². The zero-order chi connectivity index (χ0) is 17.2. The number of benzene rings is 2. The highest BCUT2D eigenvalue weighted by Gasteiger charge is 2.27. The SMILES string of the molecule is Cc1cccc(CNc2nccc(N3c4ccccc4CC3C)n2)c1. The molecule has 1 unspecified atom stereocenters. The van der Waals surface area contributed by atoms with Crippen LogP contribution in [0, 0.1) is 6.92 Å². The van der Waals surface area contributed by atoms with Crippen LogP contribution >= 0.6 is 0 Å². The fourth-order valence-electron chi connectivity index (χ4n) is 3.49. The van der Waals surface area contributed by atoms with E-state index in [1.165, 1.54) is 22.4 Å². The topological polar surface area (TPSA) is 41.1 Å². The quantitative estimate of drug-likeness (QED) is 0.766. The lowest BCUT2D eigenvalue weighted by Gasteiger charge is -2.24.